The van der Waals surface area contributed by atoms with Gasteiger partial charge >= 0.3 is 0 Å². The first-order valence-electron chi connectivity index (χ1n) is 4.43. The predicted octanol–water partition coefficient (Wildman–Crippen LogP) is 2.86. The Labute approximate surface area is 68.2 Å². The second-order valence-corrected chi connectivity index (χ2v) is 7.25. The van der Waals surface area contributed by atoms with Crippen molar-refractivity contribution in [3.05, 3.63) is 11.1 Å². The lowest BCUT2D eigenvalue weighted by Gasteiger charge is -2.11. The summed E-state index contributed by atoms with van der Waals surface area (Å²) in [6, 6.07) is 0. The van der Waals surface area contributed by atoms with E-state index < -0.39 is 7.14 Å². The van der Waals surface area contributed by atoms with E-state index in [1.807, 2.05) is 6.66 Å². The SMILES string of the molecule is CP1(=O)CC2=C(CCCC2)C1. The number of rotatable bonds is 0. The molecule has 0 aromatic rings. The van der Waals surface area contributed by atoms with Crippen LogP contribution in [0, 0.1) is 0 Å². The average Bonchev–Trinajstić information content (AvgIpc) is 2.21. The number of hydrogen-bond donors (Lipinski definition) is 0. The molecule has 0 saturated heterocycles. The quantitative estimate of drug-likeness (QED) is 0.403. The van der Waals surface area contributed by atoms with Crippen LogP contribution >= 0.6 is 7.14 Å². The maximum atomic E-state index is 11.7. The van der Waals surface area contributed by atoms with Gasteiger partial charge < -0.3 is 4.57 Å². The Kier molecular flexibility index (Phi) is 1.72. The van der Waals surface area contributed by atoms with Crippen LogP contribution in [0.15, 0.2) is 11.1 Å². The van der Waals surface area contributed by atoms with Crippen molar-refractivity contribution in [3.63, 3.8) is 0 Å². The maximum Gasteiger partial charge on any atom is 0.0925 e. The fourth-order valence-electron chi connectivity index (χ4n) is 2.28. The normalized spacial score (nSPS) is 28.8. The Morgan fingerprint density at radius 3 is 2.00 bits per heavy atom. The first-order valence-corrected chi connectivity index (χ1v) is 6.95. The summed E-state index contributed by atoms with van der Waals surface area (Å²) in [7, 11) is -1.72. The van der Waals surface area contributed by atoms with E-state index >= 15 is 0 Å². The Morgan fingerprint density at radius 1 is 1.09 bits per heavy atom. The monoisotopic (exact) mass is 170 g/mol. The second kappa shape index (κ2) is 2.48. The van der Waals surface area contributed by atoms with Crippen molar-refractivity contribution in [2.75, 3.05) is 19.0 Å². The van der Waals surface area contributed by atoms with Crippen LogP contribution in [0.5, 0.6) is 0 Å². The van der Waals surface area contributed by atoms with Crippen molar-refractivity contribution in [1.29, 1.82) is 0 Å². The predicted molar refractivity (Wildman–Crippen MR) is 48.8 cm³/mol. The highest BCUT2D eigenvalue weighted by Gasteiger charge is 2.29. The first kappa shape index (κ1) is 7.61. The molecule has 1 aliphatic heterocycles. The van der Waals surface area contributed by atoms with Crippen molar-refractivity contribution in [2.45, 2.75) is 25.7 Å². The van der Waals surface area contributed by atoms with Gasteiger partial charge in [-0.05, 0) is 32.3 Å². The van der Waals surface area contributed by atoms with Crippen LogP contribution in [0.25, 0.3) is 0 Å². The molecule has 2 heteroatoms. The third kappa shape index (κ3) is 1.44. The summed E-state index contributed by atoms with van der Waals surface area (Å²) in [6.45, 7) is 1.96. The van der Waals surface area contributed by atoms with Crippen LogP contribution in [-0.4, -0.2) is 19.0 Å². The van der Waals surface area contributed by atoms with Crippen LogP contribution in [-0.2, 0) is 4.57 Å². The van der Waals surface area contributed by atoms with E-state index in [4.69, 9.17) is 0 Å². The van der Waals surface area contributed by atoms with Crippen molar-refractivity contribution in [2.24, 2.45) is 0 Å². The Hall–Kier alpha value is -0.0300. The fraction of sp³-hybridized carbons (Fsp3) is 0.778. The first-order chi connectivity index (χ1) is 5.17. The molecule has 0 spiro atoms. The second-order valence-electron chi connectivity index (χ2n) is 4.03. The molecule has 0 unspecified atom stereocenters. The van der Waals surface area contributed by atoms with Gasteiger partial charge in [0, 0.05) is 12.3 Å². The molecule has 11 heavy (non-hydrogen) atoms. The highest BCUT2D eigenvalue weighted by atomic mass is 31.2. The molecule has 0 amide bonds. The highest BCUT2D eigenvalue weighted by Crippen LogP contribution is 2.54. The number of hydrogen-bond acceptors (Lipinski definition) is 1. The van der Waals surface area contributed by atoms with E-state index in [1.54, 1.807) is 11.1 Å². The largest absolute Gasteiger partial charge is 0.323 e. The van der Waals surface area contributed by atoms with Gasteiger partial charge in [0.15, 0.2) is 0 Å². The van der Waals surface area contributed by atoms with Crippen LogP contribution in [0.3, 0.4) is 0 Å². The summed E-state index contributed by atoms with van der Waals surface area (Å²) in [4.78, 5) is 0. The van der Waals surface area contributed by atoms with Gasteiger partial charge in [-0.1, -0.05) is 11.1 Å². The van der Waals surface area contributed by atoms with E-state index in [0.29, 0.717) is 0 Å². The van der Waals surface area contributed by atoms with Gasteiger partial charge in [0.1, 0.15) is 0 Å². The van der Waals surface area contributed by atoms with Crippen molar-refractivity contribution < 1.29 is 4.57 Å². The van der Waals surface area contributed by atoms with Gasteiger partial charge in [0.2, 0.25) is 0 Å². The van der Waals surface area contributed by atoms with E-state index in [-0.39, 0.29) is 0 Å². The summed E-state index contributed by atoms with van der Waals surface area (Å²) in [5.41, 5.74) is 3.11. The molecule has 62 valence electrons. The highest BCUT2D eigenvalue weighted by molar-refractivity contribution is 7.64. The van der Waals surface area contributed by atoms with Crippen molar-refractivity contribution in [3.8, 4) is 0 Å². The van der Waals surface area contributed by atoms with E-state index in [9.17, 15) is 4.57 Å². The third-order valence-electron chi connectivity index (χ3n) is 2.76. The molecule has 0 fully saturated rings. The molecule has 0 bridgehead atoms. The average molecular weight is 170 g/mol. The van der Waals surface area contributed by atoms with Crippen LogP contribution in [0.4, 0.5) is 0 Å². The minimum Gasteiger partial charge on any atom is -0.323 e. The summed E-state index contributed by atoms with van der Waals surface area (Å²) >= 11 is 0. The molecule has 0 atom stereocenters. The summed E-state index contributed by atoms with van der Waals surface area (Å²) in [6.07, 6.45) is 7.04. The minimum absolute atomic E-state index is 0.947. The van der Waals surface area contributed by atoms with Crippen LogP contribution in [0.2, 0.25) is 0 Å². The molecule has 1 nitrogen and oxygen atoms in total. The van der Waals surface area contributed by atoms with Crippen LogP contribution in [0.1, 0.15) is 25.7 Å². The lowest BCUT2D eigenvalue weighted by molar-refractivity contribution is 0.583. The minimum atomic E-state index is -1.72. The molecule has 1 heterocycles. The van der Waals surface area contributed by atoms with Gasteiger partial charge in [-0.2, -0.15) is 0 Å². The van der Waals surface area contributed by atoms with Crippen molar-refractivity contribution >= 4 is 7.14 Å². The third-order valence-corrected chi connectivity index (χ3v) is 4.86. The van der Waals surface area contributed by atoms with Gasteiger partial charge in [-0.25, -0.2) is 0 Å². The maximum absolute atomic E-state index is 11.7. The van der Waals surface area contributed by atoms with Gasteiger partial charge in [0.05, 0.1) is 7.14 Å². The zero-order valence-corrected chi connectivity index (χ0v) is 7.99. The molecule has 0 N–H and O–H groups in total. The summed E-state index contributed by atoms with van der Waals surface area (Å²) in [5, 5.41) is 0. The fourth-order valence-corrected chi connectivity index (χ4v) is 4.77. The van der Waals surface area contributed by atoms with E-state index in [0.717, 1.165) is 12.3 Å². The number of allylic oxidation sites excluding steroid dienone is 2. The molecular weight excluding hydrogens is 155 g/mol. The molecular formula is C9H15OP. The zero-order valence-electron chi connectivity index (χ0n) is 7.10. The standard InChI is InChI=1S/C9H15OP/c1-11(10)6-8-4-2-3-5-9(8)7-11/h2-7H2,1H3. The molecule has 0 radical (unpaired) electrons. The van der Waals surface area contributed by atoms with Gasteiger partial charge in [-0.15, -0.1) is 0 Å². The summed E-state index contributed by atoms with van der Waals surface area (Å²) < 4.78 is 11.7. The van der Waals surface area contributed by atoms with Gasteiger partial charge in [0.25, 0.3) is 0 Å². The molecule has 0 aromatic carbocycles. The molecule has 1 aliphatic carbocycles. The smallest absolute Gasteiger partial charge is 0.0925 e. The molecule has 0 saturated carbocycles. The lowest BCUT2D eigenvalue weighted by atomic mass is 9.94. The van der Waals surface area contributed by atoms with Crippen molar-refractivity contribution in [1.82, 2.24) is 0 Å². The van der Waals surface area contributed by atoms with E-state index in [1.165, 1.54) is 25.7 Å². The Balaban J connectivity index is 2.22. The molecule has 0 aromatic heterocycles. The summed E-state index contributed by atoms with van der Waals surface area (Å²) in [5.74, 6) is 0. The lowest BCUT2D eigenvalue weighted by Crippen LogP contribution is -1.96. The Bertz CT molecular complexity index is 230. The van der Waals surface area contributed by atoms with Gasteiger partial charge in [-0.3, -0.25) is 0 Å². The van der Waals surface area contributed by atoms with Crippen LogP contribution < -0.4 is 0 Å². The Morgan fingerprint density at radius 2 is 1.55 bits per heavy atom. The van der Waals surface area contributed by atoms with E-state index in [2.05, 4.69) is 0 Å². The zero-order chi connectivity index (χ0) is 7.90. The molecule has 2 aliphatic rings. The molecule has 2 rings (SSSR count). The topological polar surface area (TPSA) is 17.1 Å².